The van der Waals surface area contributed by atoms with Gasteiger partial charge in [0.2, 0.25) is 5.95 Å². The van der Waals surface area contributed by atoms with Crippen molar-refractivity contribution in [2.24, 2.45) is 5.92 Å². The monoisotopic (exact) mass is 236 g/mol. The number of hydrogen-bond donors (Lipinski definition) is 1. The highest BCUT2D eigenvalue weighted by atomic mass is 19.1. The highest BCUT2D eigenvalue weighted by molar-refractivity contribution is 5.32. The van der Waals surface area contributed by atoms with E-state index in [0.29, 0.717) is 11.7 Å². The van der Waals surface area contributed by atoms with E-state index in [4.69, 9.17) is 0 Å². The Morgan fingerprint density at radius 1 is 1.35 bits per heavy atom. The second-order valence-corrected chi connectivity index (χ2v) is 4.99. The predicted octanol–water partition coefficient (Wildman–Crippen LogP) is 1.51. The third-order valence-electron chi connectivity index (χ3n) is 3.59. The van der Waals surface area contributed by atoms with Crippen LogP contribution in [0.4, 0.5) is 10.2 Å². The van der Waals surface area contributed by atoms with Crippen molar-refractivity contribution >= 4 is 5.82 Å². The normalized spacial score (nSPS) is 25.1. The summed E-state index contributed by atoms with van der Waals surface area (Å²) in [7, 11) is 0. The van der Waals surface area contributed by atoms with E-state index in [2.05, 4.69) is 20.2 Å². The van der Waals surface area contributed by atoms with E-state index >= 15 is 0 Å². The summed E-state index contributed by atoms with van der Waals surface area (Å²) in [6, 6.07) is 2.20. The standard InChI is InChI=1S/C12H17FN4/c13-11-5-12(16-8-15-11)14-6-9-3-4-17(7-9)10-1-2-10/h5,8-10H,1-4,6-7H2,(H,14,15,16). The van der Waals surface area contributed by atoms with Gasteiger partial charge in [0.1, 0.15) is 12.1 Å². The van der Waals surface area contributed by atoms with E-state index in [1.54, 1.807) is 0 Å². The smallest absolute Gasteiger partial charge is 0.217 e. The molecule has 92 valence electrons. The van der Waals surface area contributed by atoms with Crippen molar-refractivity contribution in [1.29, 1.82) is 0 Å². The lowest BCUT2D eigenvalue weighted by molar-refractivity contribution is 0.316. The van der Waals surface area contributed by atoms with Crippen LogP contribution in [0.1, 0.15) is 19.3 Å². The number of nitrogens with zero attached hydrogens (tertiary/aromatic N) is 3. The summed E-state index contributed by atoms with van der Waals surface area (Å²) in [5, 5.41) is 3.19. The molecule has 2 heterocycles. The van der Waals surface area contributed by atoms with Gasteiger partial charge in [-0.25, -0.2) is 9.97 Å². The molecule has 3 rings (SSSR count). The Hall–Kier alpha value is -1.23. The topological polar surface area (TPSA) is 41.0 Å². The molecule has 0 aromatic carbocycles. The first kappa shape index (κ1) is 10.9. The number of hydrogen-bond acceptors (Lipinski definition) is 4. The van der Waals surface area contributed by atoms with Gasteiger partial charge in [0, 0.05) is 25.2 Å². The molecule has 1 N–H and O–H groups in total. The summed E-state index contributed by atoms with van der Waals surface area (Å²) in [6.07, 6.45) is 5.23. The van der Waals surface area contributed by atoms with Crippen molar-refractivity contribution in [3.05, 3.63) is 18.3 Å². The second kappa shape index (κ2) is 4.56. The Kier molecular flexibility index (Phi) is 2.93. The maximum Gasteiger partial charge on any atom is 0.217 e. The largest absolute Gasteiger partial charge is 0.370 e. The lowest BCUT2D eigenvalue weighted by Gasteiger charge is -2.15. The fraction of sp³-hybridized carbons (Fsp3) is 0.667. The average Bonchev–Trinajstić information content (AvgIpc) is 3.07. The van der Waals surface area contributed by atoms with E-state index < -0.39 is 5.95 Å². The van der Waals surface area contributed by atoms with Crippen LogP contribution in [0.15, 0.2) is 12.4 Å². The zero-order valence-corrected chi connectivity index (χ0v) is 9.77. The molecule has 1 saturated heterocycles. The zero-order chi connectivity index (χ0) is 11.7. The highest BCUT2D eigenvalue weighted by Crippen LogP contribution is 2.31. The SMILES string of the molecule is Fc1cc(NCC2CCN(C3CC3)C2)ncn1. The molecule has 4 nitrogen and oxygen atoms in total. The minimum Gasteiger partial charge on any atom is -0.370 e. The van der Waals surface area contributed by atoms with Crippen LogP contribution in [0.2, 0.25) is 0 Å². The Balaban J connectivity index is 1.48. The van der Waals surface area contributed by atoms with Crippen molar-refractivity contribution in [2.75, 3.05) is 25.0 Å². The maximum absolute atomic E-state index is 12.8. The number of rotatable bonds is 4. The minimum absolute atomic E-state index is 0.478. The average molecular weight is 236 g/mol. The molecule has 1 saturated carbocycles. The van der Waals surface area contributed by atoms with Crippen LogP contribution in [-0.2, 0) is 0 Å². The van der Waals surface area contributed by atoms with Crippen molar-refractivity contribution in [3.63, 3.8) is 0 Å². The van der Waals surface area contributed by atoms with Crippen LogP contribution in [0.3, 0.4) is 0 Å². The number of nitrogens with one attached hydrogen (secondary N) is 1. The van der Waals surface area contributed by atoms with E-state index in [0.717, 1.165) is 12.6 Å². The molecule has 1 aliphatic carbocycles. The fourth-order valence-corrected chi connectivity index (χ4v) is 2.48. The van der Waals surface area contributed by atoms with E-state index in [1.807, 2.05) is 0 Å². The molecule has 2 fully saturated rings. The van der Waals surface area contributed by atoms with Crippen LogP contribution in [0.5, 0.6) is 0 Å². The van der Waals surface area contributed by atoms with Gasteiger partial charge in [-0.15, -0.1) is 0 Å². The second-order valence-electron chi connectivity index (χ2n) is 4.99. The summed E-state index contributed by atoms with van der Waals surface area (Å²) in [6.45, 7) is 3.26. The quantitative estimate of drug-likeness (QED) is 0.805. The van der Waals surface area contributed by atoms with E-state index in [9.17, 15) is 4.39 Å². The molecule has 1 aliphatic heterocycles. The van der Waals surface area contributed by atoms with Crippen LogP contribution in [0.25, 0.3) is 0 Å². The summed E-state index contributed by atoms with van der Waals surface area (Å²) < 4.78 is 12.8. The number of aromatic nitrogens is 2. The van der Waals surface area contributed by atoms with E-state index in [-0.39, 0.29) is 0 Å². The first-order valence-corrected chi connectivity index (χ1v) is 6.27. The summed E-state index contributed by atoms with van der Waals surface area (Å²) in [4.78, 5) is 10.0. The number of halogens is 1. The maximum atomic E-state index is 12.8. The van der Waals surface area contributed by atoms with Crippen molar-refractivity contribution in [3.8, 4) is 0 Å². The minimum atomic E-state index is -0.478. The highest BCUT2D eigenvalue weighted by Gasteiger charge is 2.34. The molecule has 0 radical (unpaired) electrons. The molecular weight excluding hydrogens is 219 g/mol. The summed E-state index contributed by atoms with van der Waals surface area (Å²) in [5.74, 6) is 0.768. The van der Waals surface area contributed by atoms with Gasteiger partial charge in [0.25, 0.3) is 0 Å². The van der Waals surface area contributed by atoms with Gasteiger partial charge < -0.3 is 10.2 Å². The van der Waals surface area contributed by atoms with Gasteiger partial charge in [0.15, 0.2) is 0 Å². The third kappa shape index (κ3) is 2.72. The van der Waals surface area contributed by atoms with Crippen LogP contribution < -0.4 is 5.32 Å². The van der Waals surface area contributed by atoms with Crippen LogP contribution in [0, 0.1) is 11.9 Å². The molecule has 0 spiro atoms. The molecule has 0 bridgehead atoms. The molecule has 1 unspecified atom stereocenters. The summed E-state index contributed by atoms with van der Waals surface area (Å²) >= 11 is 0. The molecule has 2 aliphatic rings. The fourth-order valence-electron chi connectivity index (χ4n) is 2.48. The lowest BCUT2D eigenvalue weighted by Crippen LogP contribution is -2.24. The first-order valence-electron chi connectivity index (χ1n) is 6.27. The molecule has 1 aromatic rings. The number of likely N-dealkylation sites (tertiary alicyclic amines) is 1. The van der Waals surface area contributed by atoms with Crippen molar-refractivity contribution in [1.82, 2.24) is 14.9 Å². The van der Waals surface area contributed by atoms with Gasteiger partial charge in [0.05, 0.1) is 0 Å². The Bertz CT molecular complexity index is 394. The molecule has 0 amide bonds. The van der Waals surface area contributed by atoms with Crippen LogP contribution >= 0.6 is 0 Å². The first-order chi connectivity index (χ1) is 8.31. The van der Waals surface area contributed by atoms with Crippen molar-refractivity contribution in [2.45, 2.75) is 25.3 Å². The Morgan fingerprint density at radius 2 is 2.24 bits per heavy atom. The van der Waals surface area contributed by atoms with Gasteiger partial charge >= 0.3 is 0 Å². The molecule has 1 atom stereocenters. The lowest BCUT2D eigenvalue weighted by atomic mass is 10.1. The van der Waals surface area contributed by atoms with Gasteiger partial charge in [-0.1, -0.05) is 0 Å². The zero-order valence-electron chi connectivity index (χ0n) is 9.77. The molecule has 1 aromatic heterocycles. The molecular formula is C12H17FN4. The summed E-state index contributed by atoms with van der Waals surface area (Å²) in [5.41, 5.74) is 0. The van der Waals surface area contributed by atoms with Crippen molar-refractivity contribution < 1.29 is 4.39 Å². The molecule has 17 heavy (non-hydrogen) atoms. The van der Waals surface area contributed by atoms with Crippen LogP contribution in [-0.4, -0.2) is 40.5 Å². The van der Waals surface area contributed by atoms with E-state index in [1.165, 1.54) is 44.7 Å². The Morgan fingerprint density at radius 3 is 3.00 bits per heavy atom. The van der Waals surface area contributed by atoms with Gasteiger partial charge in [-0.05, 0) is 31.7 Å². The van der Waals surface area contributed by atoms with Gasteiger partial charge in [-0.2, -0.15) is 4.39 Å². The Labute approximate surface area is 100 Å². The molecule has 5 heteroatoms. The van der Waals surface area contributed by atoms with Gasteiger partial charge in [-0.3, -0.25) is 0 Å². The predicted molar refractivity (Wildman–Crippen MR) is 63.2 cm³/mol. The third-order valence-corrected chi connectivity index (χ3v) is 3.59. The number of anilines is 1.